The standard InChI is InChI=1S/C50H70N4O5/c1-12-34-30(7)37-24-39-32(9)36(20-21-43(55)59-23-22-29(6)19-15-18-28(5)17-14-16-27(3)4)47(53-39)45-46(50(57)58-11)49(56)44-33(10)40(54-48(44)45)26-42-35(13-2)31(8)38(52-42)25-41(34)51-37/h12,24-29,32,36,46-47,51-54,56H,1,13-23H2,2-11H3/b38-25-,39-24-,42-26-/t28-,29?,32+,36+,46-,47?/m1/s1. The first kappa shape index (κ1) is 43.9. The predicted octanol–water partition coefficient (Wildman–Crippen LogP) is 7.64. The lowest BCUT2D eigenvalue weighted by molar-refractivity contribution is -0.144. The second kappa shape index (κ2) is 18.7. The van der Waals surface area contributed by atoms with Crippen molar-refractivity contribution in [2.75, 3.05) is 13.7 Å². The van der Waals surface area contributed by atoms with Gasteiger partial charge in [-0.25, -0.2) is 0 Å². The zero-order valence-electron chi connectivity index (χ0n) is 37.4. The lowest BCUT2D eigenvalue weighted by Gasteiger charge is -2.26. The quantitative estimate of drug-likeness (QED) is 0.0892. The monoisotopic (exact) mass is 807 g/mol. The largest absolute Gasteiger partial charge is 0.510 e. The molecule has 5 heterocycles. The number of H-pyrrole nitrogens is 3. The van der Waals surface area contributed by atoms with Gasteiger partial charge in [-0.1, -0.05) is 92.7 Å². The summed E-state index contributed by atoms with van der Waals surface area (Å²) in [5.41, 5.74) is 9.86. The Balaban J connectivity index is 1.30. The minimum Gasteiger partial charge on any atom is -0.510 e. The number of carbonyl (C=O) groups excluding carboxylic acids is 2. The first-order valence-corrected chi connectivity index (χ1v) is 22.3. The van der Waals surface area contributed by atoms with Crippen molar-refractivity contribution in [2.24, 2.45) is 35.5 Å². The summed E-state index contributed by atoms with van der Waals surface area (Å²) in [7, 11) is 1.36. The van der Waals surface area contributed by atoms with Crippen LogP contribution in [0.25, 0.3) is 35.6 Å². The van der Waals surface area contributed by atoms with Crippen LogP contribution in [-0.2, 0) is 25.5 Å². The number of ether oxygens (including phenoxy) is 2. The Morgan fingerprint density at radius 3 is 2.19 bits per heavy atom. The maximum Gasteiger partial charge on any atom is 0.320 e. The molecule has 3 aromatic rings. The average Bonchev–Trinajstić information content (AvgIpc) is 3.94. The maximum atomic E-state index is 13.6. The van der Waals surface area contributed by atoms with Crippen molar-refractivity contribution in [3.8, 4) is 0 Å². The van der Waals surface area contributed by atoms with Crippen molar-refractivity contribution in [1.29, 1.82) is 0 Å². The Morgan fingerprint density at radius 1 is 0.864 bits per heavy atom. The molecule has 9 nitrogen and oxygen atoms in total. The molecule has 0 saturated carbocycles. The highest BCUT2D eigenvalue weighted by Gasteiger charge is 2.47. The molecule has 3 aromatic heterocycles. The summed E-state index contributed by atoms with van der Waals surface area (Å²) < 4.78 is 11.2. The molecule has 9 heteroatoms. The van der Waals surface area contributed by atoms with E-state index in [4.69, 9.17) is 9.47 Å². The fourth-order valence-corrected chi connectivity index (χ4v) is 9.99. The molecule has 2 aliphatic heterocycles. The molecular weight excluding hydrogens is 737 g/mol. The Hall–Kier alpha value is -4.66. The minimum absolute atomic E-state index is 0.0102. The minimum atomic E-state index is -0.984. The molecule has 1 aliphatic carbocycles. The molecule has 8 bridgehead atoms. The van der Waals surface area contributed by atoms with Crippen LogP contribution in [-0.4, -0.2) is 51.8 Å². The van der Waals surface area contributed by atoms with Crippen LogP contribution in [0, 0.1) is 56.3 Å². The van der Waals surface area contributed by atoms with E-state index in [1.54, 1.807) is 0 Å². The van der Waals surface area contributed by atoms with Gasteiger partial charge in [0.1, 0.15) is 11.7 Å². The summed E-state index contributed by atoms with van der Waals surface area (Å²) in [5.74, 6) is 0.204. The number of aliphatic hydroxyl groups is 1. The zero-order valence-corrected chi connectivity index (χ0v) is 37.4. The summed E-state index contributed by atoms with van der Waals surface area (Å²) in [5, 5.41) is 19.1. The number of rotatable bonds is 17. The number of aromatic nitrogens is 3. The molecule has 0 radical (unpaired) electrons. The second-order valence-corrected chi connectivity index (χ2v) is 18.3. The van der Waals surface area contributed by atoms with Gasteiger partial charge < -0.3 is 34.8 Å². The molecule has 5 N–H and O–H groups in total. The summed E-state index contributed by atoms with van der Waals surface area (Å²) >= 11 is 0. The average molecular weight is 807 g/mol. The molecule has 0 amide bonds. The molecule has 3 aliphatic rings. The van der Waals surface area contributed by atoms with E-state index in [1.807, 2.05) is 13.0 Å². The number of hydrogen-bond donors (Lipinski definition) is 5. The van der Waals surface area contributed by atoms with Crippen LogP contribution in [0.5, 0.6) is 0 Å². The molecule has 1 saturated heterocycles. The van der Waals surface area contributed by atoms with E-state index in [2.05, 4.69) is 100 Å². The topological polar surface area (TPSA) is 132 Å². The van der Waals surface area contributed by atoms with Gasteiger partial charge in [-0.05, 0) is 110 Å². The number of hydrogen-bond acceptors (Lipinski definition) is 6. The highest BCUT2D eigenvalue weighted by molar-refractivity contribution is 5.95. The van der Waals surface area contributed by atoms with Crippen molar-refractivity contribution in [2.45, 2.75) is 133 Å². The lowest BCUT2D eigenvalue weighted by Crippen LogP contribution is -2.38. The second-order valence-electron chi connectivity index (χ2n) is 18.3. The van der Waals surface area contributed by atoms with Gasteiger partial charge in [0.05, 0.1) is 25.1 Å². The van der Waals surface area contributed by atoms with Gasteiger partial charge in [0.2, 0.25) is 0 Å². The summed E-state index contributed by atoms with van der Waals surface area (Å²) in [6.45, 7) is 24.4. The van der Waals surface area contributed by atoms with Crippen LogP contribution in [0.15, 0.2) is 12.3 Å². The van der Waals surface area contributed by atoms with Crippen molar-refractivity contribution < 1.29 is 24.2 Å². The number of aliphatic hydroxyl groups excluding tert-OH is 1. The van der Waals surface area contributed by atoms with E-state index in [0.29, 0.717) is 24.2 Å². The number of fused-ring (bicyclic) bond motifs is 8. The van der Waals surface area contributed by atoms with E-state index in [9.17, 15) is 14.7 Å². The molecule has 0 aromatic carbocycles. The van der Waals surface area contributed by atoms with Crippen LogP contribution in [0.4, 0.5) is 0 Å². The Labute approximate surface area is 351 Å². The highest BCUT2D eigenvalue weighted by atomic mass is 16.5. The molecule has 2 unspecified atom stereocenters. The third-order valence-corrected chi connectivity index (χ3v) is 13.8. The van der Waals surface area contributed by atoms with Gasteiger partial charge in [-0.2, -0.15) is 0 Å². The number of esters is 2. The summed E-state index contributed by atoms with van der Waals surface area (Å²) in [6, 6.07) is -0.381. The van der Waals surface area contributed by atoms with E-state index in [-0.39, 0.29) is 36.0 Å². The van der Waals surface area contributed by atoms with E-state index >= 15 is 0 Å². The SMILES string of the molecule is C=Cc1c2[nH]c(c1C)/C=C1\NC(C3=c4[nH]c(c(C)c4=C(O)[C@@H]3C(=O)OC)/C=c3\[nH]/c(c(C)c3CC)=C\2)[C@@H](CCC(=O)OCCC(C)CCC[C@H](C)CCCC(C)C)[C@@H]1C. The normalized spacial score (nSPS) is 22.5. The number of methoxy groups -OCH3 is 1. The first-order valence-electron chi connectivity index (χ1n) is 22.3. The zero-order chi connectivity index (χ0) is 42.7. The molecule has 320 valence electrons. The third-order valence-electron chi connectivity index (χ3n) is 13.8. The van der Waals surface area contributed by atoms with Gasteiger partial charge >= 0.3 is 11.9 Å². The van der Waals surface area contributed by atoms with E-state index < -0.39 is 11.9 Å². The summed E-state index contributed by atoms with van der Waals surface area (Å²) in [6.07, 6.45) is 18.4. The molecule has 0 spiro atoms. The van der Waals surface area contributed by atoms with E-state index in [1.165, 1.54) is 50.3 Å². The van der Waals surface area contributed by atoms with Crippen LogP contribution >= 0.6 is 0 Å². The van der Waals surface area contributed by atoms with Crippen LogP contribution < -0.4 is 26.6 Å². The van der Waals surface area contributed by atoms with Crippen LogP contribution in [0.2, 0.25) is 0 Å². The Morgan fingerprint density at radius 2 is 1.53 bits per heavy atom. The van der Waals surface area contributed by atoms with Gasteiger partial charge in [0.25, 0.3) is 0 Å². The van der Waals surface area contributed by atoms with Crippen LogP contribution in [0.3, 0.4) is 0 Å². The van der Waals surface area contributed by atoms with Gasteiger partial charge in [-0.15, -0.1) is 0 Å². The molecular formula is C50H70N4O5. The van der Waals surface area contributed by atoms with Gasteiger partial charge in [0.15, 0.2) is 0 Å². The van der Waals surface area contributed by atoms with Crippen LogP contribution in [0.1, 0.15) is 144 Å². The Bertz CT molecular complexity index is 2330. The number of carbonyl (C=O) groups is 2. The highest BCUT2D eigenvalue weighted by Crippen LogP contribution is 2.42. The molecule has 59 heavy (non-hydrogen) atoms. The fourth-order valence-electron chi connectivity index (χ4n) is 9.99. The smallest absolute Gasteiger partial charge is 0.320 e. The van der Waals surface area contributed by atoms with Crippen molar-refractivity contribution >= 4 is 47.6 Å². The third kappa shape index (κ3) is 9.09. The fraction of sp³-hybridized carbons (Fsp3) is 0.560. The number of nitrogens with one attached hydrogen (secondary N) is 4. The van der Waals surface area contributed by atoms with Gasteiger partial charge in [-0.3, -0.25) is 9.59 Å². The predicted molar refractivity (Wildman–Crippen MR) is 240 cm³/mol. The molecule has 6 rings (SSSR count). The van der Waals surface area contributed by atoms with Crippen molar-refractivity contribution in [3.05, 3.63) is 78.4 Å². The summed E-state index contributed by atoms with van der Waals surface area (Å²) in [4.78, 5) is 38.1. The molecule has 6 atom stereocenters. The first-order chi connectivity index (χ1) is 28.2. The molecule has 1 fully saturated rings. The lowest BCUT2D eigenvalue weighted by atomic mass is 9.80. The number of aromatic amines is 3. The van der Waals surface area contributed by atoms with E-state index in [0.717, 1.165) is 92.2 Å². The maximum absolute atomic E-state index is 13.6. The Kier molecular flexibility index (Phi) is 13.9. The van der Waals surface area contributed by atoms with Crippen molar-refractivity contribution in [3.63, 3.8) is 0 Å². The van der Waals surface area contributed by atoms with Gasteiger partial charge in [0, 0.05) is 56.6 Å². The number of allylic oxidation sites excluding steroid dienone is 1. The van der Waals surface area contributed by atoms with Crippen molar-refractivity contribution in [1.82, 2.24) is 20.3 Å².